The first kappa shape index (κ1) is 21.3. The van der Waals surface area contributed by atoms with E-state index in [0.717, 1.165) is 5.56 Å². The summed E-state index contributed by atoms with van der Waals surface area (Å²) >= 11 is 0. The first-order valence-electron chi connectivity index (χ1n) is 8.79. The highest BCUT2D eigenvalue weighted by atomic mass is 32.2. The highest BCUT2D eigenvalue weighted by molar-refractivity contribution is 7.92. The molecule has 0 aromatic heterocycles. The Kier molecular flexibility index (Phi) is 6.31. The van der Waals surface area contributed by atoms with E-state index in [1.165, 1.54) is 42.5 Å². The van der Waals surface area contributed by atoms with Gasteiger partial charge in [-0.05, 0) is 49.4 Å². The summed E-state index contributed by atoms with van der Waals surface area (Å²) < 4.78 is 57.2. The second-order valence-corrected chi connectivity index (χ2v) is 8.01. The van der Waals surface area contributed by atoms with E-state index in [9.17, 15) is 22.0 Å². The van der Waals surface area contributed by atoms with Crippen molar-refractivity contribution < 1.29 is 26.7 Å². The van der Waals surface area contributed by atoms with Gasteiger partial charge in [-0.25, -0.2) is 8.42 Å². The average molecular weight is 432 g/mol. The van der Waals surface area contributed by atoms with Crippen LogP contribution >= 0.6 is 0 Å². The molecule has 30 heavy (non-hydrogen) atoms. The minimum absolute atomic E-state index is 0.0358. The molecule has 0 bridgehead atoms. The molecule has 6 nitrogen and oxygen atoms in total. The number of para-hydroxylation sites is 2. The quantitative estimate of drug-likeness (QED) is 0.569. The van der Waals surface area contributed by atoms with Crippen LogP contribution in [0.25, 0.3) is 0 Å². The van der Waals surface area contributed by atoms with Crippen LogP contribution in [-0.2, 0) is 10.0 Å². The van der Waals surface area contributed by atoms with Crippen LogP contribution in [0.4, 0.5) is 20.2 Å². The highest BCUT2D eigenvalue weighted by Gasteiger charge is 2.18. The smallest absolute Gasteiger partial charge is 0.387 e. The van der Waals surface area contributed by atoms with Crippen molar-refractivity contribution in [1.82, 2.24) is 0 Å². The minimum Gasteiger partial charge on any atom is -0.433 e. The predicted octanol–water partition coefficient (Wildman–Crippen LogP) is 4.65. The number of alkyl halides is 2. The largest absolute Gasteiger partial charge is 0.433 e. The molecule has 0 atom stereocenters. The Bertz CT molecular complexity index is 1150. The maximum atomic E-state index is 12.6. The van der Waals surface area contributed by atoms with Crippen LogP contribution in [0, 0.1) is 6.92 Å². The Morgan fingerprint density at radius 1 is 0.967 bits per heavy atom. The molecule has 0 aliphatic carbocycles. The topological polar surface area (TPSA) is 84.5 Å². The van der Waals surface area contributed by atoms with E-state index in [1.807, 2.05) is 6.92 Å². The molecule has 0 spiro atoms. The van der Waals surface area contributed by atoms with E-state index < -0.39 is 22.5 Å². The number of aryl methyl sites for hydroxylation is 1. The number of sulfonamides is 1. The van der Waals surface area contributed by atoms with Gasteiger partial charge in [0.2, 0.25) is 0 Å². The normalized spacial score (nSPS) is 11.2. The molecule has 0 radical (unpaired) electrons. The lowest BCUT2D eigenvalue weighted by Crippen LogP contribution is -2.16. The van der Waals surface area contributed by atoms with Crippen LogP contribution in [0.3, 0.4) is 0 Å². The van der Waals surface area contributed by atoms with Gasteiger partial charge in [-0.2, -0.15) is 8.78 Å². The third kappa shape index (κ3) is 5.32. The summed E-state index contributed by atoms with van der Waals surface area (Å²) in [5.74, 6) is -0.877. The number of halogens is 2. The van der Waals surface area contributed by atoms with Crippen molar-refractivity contribution in [1.29, 1.82) is 0 Å². The molecule has 0 aliphatic rings. The van der Waals surface area contributed by atoms with Crippen molar-refractivity contribution in [3.8, 4) is 5.75 Å². The lowest BCUT2D eigenvalue weighted by atomic mass is 10.2. The highest BCUT2D eigenvalue weighted by Crippen LogP contribution is 2.26. The number of hydrogen-bond donors (Lipinski definition) is 2. The van der Waals surface area contributed by atoms with Crippen molar-refractivity contribution in [3.63, 3.8) is 0 Å². The van der Waals surface area contributed by atoms with E-state index in [1.54, 1.807) is 30.3 Å². The number of nitrogens with one attached hydrogen (secondary N) is 2. The minimum atomic E-state index is -3.93. The van der Waals surface area contributed by atoms with E-state index in [4.69, 9.17) is 0 Å². The van der Waals surface area contributed by atoms with Crippen molar-refractivity contribution in [2.24, 2.45) is 0 Å². The molecular weight excluding hydrogens is 414 g/mol. The number of hydrogen-bond acceptors (Lipinski definition) is 4. The summed E-state index contributed by atoms with van der Waals surface area (Å²) in [6, 6.07) is 17.9. The second kappa shape index (κ2) is 8.91. The monoisotopic (exact) mass is 432 g/mol. The summed E-state index contributed by atoms with van der Waals surface area (Å²) in [7, 11) is -3.93. The molecule has 0 heterocycles. The fraction of sp³-hybridized carbons (Fsp3) is 0.0952. The van der Waals surface area contributed by atoms with E-state index in [2.05, 4.69) is 14.8 Å². The van der Waals surface area contributed by atoms with Crippen LogP contribution in [0.5, 0.6) is 5.75 Å². The molecular formula is C21H18F2N2O4S. The average Bonchev–Trinajstić information content (AvgIpc) is 2.71. The standard InChI is InChI=1S/C21H18F2N2O4S/c1-14-9-11-16(12-10-14)25-30(27,28)17-6-4-5-15(13-17)20(26)24-18-7-2-3-8-19(18)29-21(22)23/h2-13,21,25H,1H3,(H,24,26). The van der Waals surface area contributed by atoms with Gasteiger partial charge in [-0.15, -0.1) is 0 Å². The lowest BCUT2D eigenvalue weighted by Gasteiger charge is -2.12. The molecule has 2 N–H and O–H groups in total. The van der Waals surface area contributed by atoms with Crippen LogP contribution in [0.2, 0.25) is 0 Å². The van der Waals surface area contributed by atoms with E-state index in [-0.39, 0.29) is 21.9 Å². The van der Waals surface area contributed by atoms with Gasteiger partial charge in [0.25, 0.3) is 15.9 Å². The van der Waals surface area contributed by atoms with Crippen molar-refractivity contribution in [3.05, 3.63) is 83.9 Å². The van der Waals surface area contributed by atoms with Crippen LogP contribution < -0.4 is 14.8 Å². The molecule has 3 aromatic rings. The fourth-order valence-corrected chi connectivity index (χ4v) is 3.71. The Labute approximate surface area is 172 Å². The molecule has 0 fully saturated rings. The predicted molar refractivity (Wildman–Crippen MR) is 109 cm³/mol. The fourth-order valence-electron chi connectivity index (χ4n) is 2.60. The summed E-state index contributed by atoms with van der Waals surface area (Å²) in [4.78, 5) is 12.4. The summed E-state index contributed by atoms with van der Waals surface area (Å²) in [5, 5.41) is 2.45. The van der Waals surface area contributed by atoms with Gasteiger partial charge in [-0.1, -0.05) is 35.9 Å². The van der Waals surface area contributed by atoms with E-state index in [0.29, 0.717) is 5.69 Å². The molecule has 3 aromatic carbocycles. The van der Waals surface area contributed by atoms with Gasteiger partial charge < -0.3 is 10.1 Å². The summed E-state index contributed by atoms with van der Waals surface area (Å²) in [5.41, 5.74) is 1.43. The first-order chi connectivity index (χ1) is 14.2. The molecule has 0 aliphatic heterocycles. The number of amides is 1. The van der Waals surface area contributed by atoms with Crippen LogP contribution in [-0.4, -0.2) is 20.9 Å². The van der Waals surface area contributed by atoms with Gasteiger partial charge in [0.15, 0.2) is 0 Å². The van der Waals surface area contributed by atoms with E-state index >= 15 is 0 Å². The summed E-state index contributed by atoms with van der Waals surface area (Å²) in [6.45, 7) is -1.17. The Morgan fingerprint density at radius 3 is 2.37 bits per heavy atom. The van der Waals surface area contributed by atoms with Crippen LogP contribution in [0.1, 0.15) is 15.9 Å². The number of rotatable bonds is 7. The molecule has 0 unspecified atom stereocenters. The number of carbonyl (C=O) groups is 1. The molecule has 9 heteroatoms. The van der Waals surface area contributed by atoms with Gasteiger partial charge in [0.05, 0.1) is 10.6 Å². The van der Waals surface area contributed by atoms with Crippen molar-refractivity contribution in [2.75, 3.05) is 10.0 Å². The second-order valence-electron chi connectivity index (χ2n) is 6.33. The Balaban J connectivity index is 1.81. The lowest BCUT2D eigenvalue weighted by molar-refractivity contribution is -0.0493. The number of anilines is 2. The zero-order valence-electron chi connectivity index (χ0n) is 15.8. The van der Waals surface area contributed by atoms with Crippen molar-refractivity contribution in [2.45, 2.75) is 18.4 Å². The maximum Gasteiger partial charge on any atom is 0.387 e. The van der Waals surface area contributed by atoms with Crippen molar-refractivity contribution >= 4 is 27.3 Å². The van der Waals surface area contributed by atoms with Gasteiger partial charge in [0, 0.05) is 11.3 Å². The molecule has 0 saturated carbocycles. The first-order valence-corrected chi connectivity index (χ1v) is 10.3. The van der Waals surface area contributed by atoms with Gasteiger partial charge in [-0.3, -0.25) is 9.52 Å². The third-order valence-electron chi connectivity index (χ3n) is 4.06. The van der Waals surface area contributed by atoms with Crippen LogP contribution in [0.15, 0.2) is 77.7 Å². The Hall–Kier alpha value is -3.46. The van der Waals surface area contributed by atoms with Gasteiger partial charge in [0.1, 0.15) is 5.75 Å². The zero-order chi connectivity index (χ0) is 21.7. The maximum absolute atomic E-state index is 12.6. The molecule has 156 valence electrons. The SMILES string of the molecule is Cc1ccc(NS(=O)(=O)c2cccc(C(=O)Nc3ccccc3OC(F)F)c2)cc1. The number of benzene rings is 3. The molecule has 3 rings (SSSR count). The number of ether oxygens (including phenoxy) is 1. The third-order valence-corrected chi connectivity index (χ3v) is 5.44. The van der Waals surface area contributed by atoms with Gasteiger partial charge >= 0.3 is 6.61 Å². The molecule has 1 amide bonds. The Morgan fingerprint density at radius 2 is 1.67 bits per heavy atom. The zero-order valence-corrected chi connectivity index (χ0v) is 16.6. The number of carbonyl (C=O) groups excluding carboxylic acids is 1. The molecule has 0 saturated heterocycles. The summed E-state index contributed by atoms with van der Waals surface area (Å²) in [6.07, 6.45) is 0.